The molecule has 0 amide bonds. The van der Waals surface area contributed by atoms with E-state index >= 15 is 0 Å². The number of hydrogen-bond acceptors (Lipinski definition) is 4. The van der Waals surface area contributed by atoms with Gasteiger partial charge >= 0.3 is 0 Å². The molecule has 0 unspecified atom stereocenters. The molecule has 0 bridgehead atoms. The molecule has 0 spiro atoms. The summed E-state index contributed by atoms with van der Waals surface area (Å²) >= 11 is 0. The van der Waals surface area contributed by atoms with Gasteiger partial charge in [0.2, 0.25) is 10.0 Å². The second kappa shape index (κ2) is 9.37. The van der Waals surface area contributed by atoms with E-state index in [0.717, 1.165) is 30.1 Å². The first-order valence-electron chi connectivity index (χ1n) is 11.8. The zero-order valence-electron chi connectivity index (χ0n) is 19.6. The van der Waals surface area contributed by atoms with Gasteiger partial charge in [-0.05, 0) is 73.9 Å². The number of rotatable bonds is 4. The molecule has 1 aromatic rings. The van der Waals surface area contributed by atoms with Crippen LogP contribution < -0.4 is 5.73 Å². The molecule has 2 fully saturated rings. The Morgan fingerprint density at radius 2 is 1.78 bits per heavy atom. The third-order valence-electron chi connectivity index (χ3n) is 6.88. The molecule has 1 saturated heterocycles. The van der Waals surface area contributed by atoms with Gasteiger partial charge in [-0.15, -0.1) is 0 Å². The van der Waals surface area contributed by atoms with Gasteiger partial charge in [0.15, 0.2) is 0 Å². The summed E-state index contributed by atoms with van der Waals surface area (Å²) in [6.07, 6.45) is 10.9. The van der Waals surface area contributed by atoms with Gasteiger partial charge in [-0.1, -0.05) is 23.3 Å². The second-order valence-electron chi connectivity index (χ2n) is 9.49. The fourth-order valence-corrected chi connectivity index (χ4v) is 6.53. The highest BCUT2D eigenvalue weighted by atomic mass is 32.2. The Labute approximate surface area is 208 Å². The van der Waals surface area contributed by atoms with Crippen molar-refractivity contribution in [3.8, 4) is 0 Å². The monoisotopic (exact) mass is 513 g/mol. The fourth-order valence-electron chi connectivity index (χ4n) is 4.94. The van der Waals surface area contributed by atoms with Gasteiger partial charge in [0.25, 0.3) is 0 Å². The van der Waals surface area contributed by atoms with Crippen LogP contribution in [-0.4, -0.2) is 31.5 Å². The summed E-state index contributed by atoms with van der Waals surface area (Å²) in [7, 11) is -4.05. The van der Waals surface area contributed by atoms with Crippen molar-refractivity contribution in [1.29, 1.82) is 0 Å². The zero-order chi connectivity index (χ0) is 25.5. The van der Waals surface area contributed by atoms with Crippen molar-refractivity contribution in [2.24, 2.45) is 16.1 Å². The summed E-state index contributed by atoms with van der Waals surface area (Å²) in [5, 5.41) is 0. The van der Waals surface area contributed by atoms with Gasteiger partial charge in [0.1, 0.15) is 17.5 Å². The van der Waals surface area contributed by atoms with Gasteiger partial charge in [-0.2, -0.15) is 4.31 Å². The summed E-state index contributed by atoms with van der Waals surface area (Å²) in [5.74, 6) is -2.01. The topological polar surface area (TPSA) is 75.8 Å². The van der Waals surface area contributed by atoms with Gasteiger partial charge in [-0.3, -0.25) is 0 Å². The average molecular weight is 514 g/mol. The number of hydrogen-bond donors (Lipinski definition) is 1. The summed E-state index contributed by atoms with van der Waals surface area (Å²) in [5.41, 5.74) is 9.69. The third kappa shape index (κ3) is 4.90. The van der Waals surface area contributed by atoms with Crippen molar-refractivity contribution < 1.29 is 21.6 Å². The predicted molar refractivity (Wildman–Crippen MR) is 134 cm³/mol. The molecule has 1 heterocycles. The Kier molecular flexibility index (Phi) is 6.38. The number of sulfonamides is 1. The van der Waals surface area contributed by atoms with Gasteiger partial charge in [0.05, 0.1) is 16.3 Å². The fraction of sp³-hybridized carbons (Fsp3) is 0.296. The van der Waals surface area contributed by atoms with Crippen LogP contribution in [0.3, 0.4) is 0 Å². The minimum absolute atomic E-state index is 0.161. The smallest absolute Gasteiger partial charge is 0.242 e. The first-order valence-corrected chi connectivity index (χ1v) is 13.2. The normalized spacial score (nSPS) is 27.0. The SMILES string of the molecule is NC=C1C[C@]2(C=C3CC3)CN(S(=O)(=O)C3=CCC(F)=CC(F)=C3)CCC2=CC1=Nc1ccc(F)cc1. The molecular formula is C27H26F3N3O2S. The lowest BCUT2D eigenvalue weighted by atomic mass is 9.67. The Hall–Kier alpha value is -3.17. The number of benzene rings is 1. The minimum Gasteiger partial charge on any atom is -0.404 e. The Balaban J connectivity index is 1.52. The molecule has 0 radical (unpaired) electrons. The molecule has 188 valence electrons. The van der Waals surface area contributed by atoms with Gasteiger partial charge in [-0.25, -0.2) is 26.6 Å². The third-order valence-corrected chi connectivity index (χ3v) is 8.75. The molecule has 9 heteroatoms. The van der Waals surface area contributed by atoms with E-state index in [-0.39, 0.29) is 30.2 Å². The Morgan fingerprint density at radius 1 is 1.03 bits per heavy atom. The van der Waals surface area contributed by atoms with E-state index in [1.165, 1.54) is 34.3 Å². The molecule has 5 rings (SSSR count). The molecule has 4 aliphatic rings. The van der Waals surface area contributed by atoms with Crippen LogP contribution in [0.4, 0.5) is 18.9 Å². The highest BCUT2D eigenvalue weighted by Crippen LogP contribution is 2.49. The number of allylic oxidation sites excluding steroid dienone is 8. The lowest BCUT2D eigenvalue weighted by molar-refractivity contribution is 0.262. The van der Waals surface area contributed by atoms with Crippen molar-refractivity contribution in [2.45, 2.75) is 32.1 Å². The number of fused-ring (bicyclic) bond motifs is 1. The lowest BCUT2D eigenvalue weighted by Crippen LogP contribution is -2.48. The molecule has 1 aromatic carbocycles. The van der Waals surface area contributed by atoms with E-state index < -0.39 is 27.1 Å². The number of nitrogens with zero attached hydrogens (tertiary/aromatic N) is 2. The maximum Gasteiger partial charge on any atom is 0.242 e. The van der Waals surface area contributed by atoms with Gasteiger partial charge in [0, 0.05) is 31.0 Å². The number of halogens is 3. The molecule has 36 heavy (non-hydrogen) atoms. The average Bonchev–Trinajstić information content (AvgIpc) is 3.67. The standard InChI is InChI=1S/C27H26F3N3O2S/c28-21-3-6-24(7-4-21)32-26-11-20-9-10-33(17-27(20,14-18-1-2-18)15-19(26)16-31)36(34,35)25-8-5-22(29)12-23(30)13-25/h3-4,6-8,11-14,16H,1-2,5,9-10,15,17,31H2/t27-/m1/s1. The van der Waals surface area contributed by atoms with Crippen molar-refractivity contribution >= 4 is 21.4 Å². The number of piperidine rings is 1. The van der Waals surface area contributed by atoms with Crippen LogP contribution in [0, 0.1) is 11.2 Å². The predicted octanol–water partition coefficient (Wildman–Crippen LogP) is 5.81. The molecule has 1 aliphatic heterocycles. The van der Waals surface area contributed by atoms with Crippen molar-refractivity contribution in [2.75, 3.05) is 13.1 Å². The zero-order valence-corrected chi connectivity index (χ0v) is 20.4. The highest BCUT2D eigenvalue weighted by Gasteiger charge is 2.46. The highest BCUT2D eigenvalue weighted by molar-refractivity contribution is 7.93. The van der Waals surface area contributed by atoms with Crippen molar-refractivity contribution in [3.63, 3.8) is 0 Å². The van der Waals surface area contributed by atoms with Crippen LogP contribution in [0.1, 0.15) is 32.1 Å². The van der Waals surface area contributed by atoms with Crippen molar-refractivity contribution in [1.82, 2.24) is 4.31 Å². The van der Waals surface area contributed by atoms with Crippen LogP contribution in [0.2, 0.25) is 0 Å². The first-order chi connectivity index (χ1) is 17.2. The van der Waals surface area contributed by atoms with E-state index in [9.17, 15) is 21.6 Å². The van der Waals surface area contributed by atoms with Crippen LogP contribution >= 0.6 is 0 Å². The maximum absolute atomic E-state index is 14.1. The van der Waals surface area contributed by atoms with E-state index in [1.807, 2.05) is 6.08 Å². The van der Waals surface area contributed by atoms with E-state index in [1.54, 1.807) is 12.1 Å². The summed E-state index contributed by atoms with van der Waals surface area (Å²) in [6.45, 7) is 0.363. The Bertz CT molecular complexity index is 1410. The summed E-state index contributed by atoms with van der Waals surface area (Å²) in [6, 6.07) is 5.85. The molecule has 2 N–H and O–H groups in total. The molecule has 0 aromatic heterocycles. The van der Waals surface area contributed by atoms with Gasteiger partial charge < -0.3 is 5.73 Å². The molecule has 1 saturated carbocycles. The quantitative estimate of drug-likeness (QED) is 0.517. The number of nitrogens with two attached hydrogens (primary N) is 1. The first kappa shape index (κ1) is 24.5. The van der Waals surface area contributed by atoms with Crippen LogP contribution in [0.15, 0.2) is 99.1 Å². The van der Waals surface area contributed by atoms with Crippen molar-refractivity contribution in [3.05, 3.63) is 99.9 Å². The van der Waals surface area contributed by atoms with E-state index in [4.69, 9.17) is 5.73 Å². The summed E-state index contributed by atoms with van der Waals surface area (Å²) < 4.78 is 69.5. The summed E-state index contributed by atoms with van der Waals surface area (Å²) in [4.78, 5) is 4.43. The number of aliphatic imine (C=N–C) groups is 1. The second-order valence-corrected chi connectivity index (χ2v) is 11.4. The molecular weight excluding hydrogens is 487 g/mol. The molecule has 3 aliphatic carbocycles. The van der Waals surface area contributed by atoms with Crippen LogP contribution in [0.25, 0.3) is 0 Å². The molecule has 1 atom stereocenters. The van der Waals surface area contributed by atoms with Crippen LogP contribution in [-0.2, 0) is 10.0 Å². The van der Waals surface area contributed by atoms with E-state index in [0.29, 0.717) is 30.3 Å². The lowest BCUT2D eigenvalue weighted by Gasteiger charge is -2.45. The minimum atomic E-state index is -4.05. The van der Waals surface area contributed by atoms with E-state index in [2.05, 4.69) is 11.1 Å². The molecule has 5 nitrogen and oxygen atoms in total. The maximum atomic E-state index is 14.1. The Morgan fingerprint density at radius 3 is 2.47 bits per heavy atom. The largest absolute Gasteiger partial charge is 0.404 e. The van der Waals surface area contributed by atoms with Crippen LogP contribution in [0.5, 0.6) is 0 Å².